The Hall–Kier alpha value is -3.61. The number of imidazole rings is 1. The summed E-state index contributed by atoms with van der Waals surface area (Å²) in [4.78, 5) is 23.1. The van der Waals surface area contributed by atoms with Gasteiger partial charge in [0.05, 0.1) is 29.6 Å². The molecule has 2 aliphatic rings. The smallest absolute Gasteiger partial charge is 0.217 e. The number of H-pyrrole nitrogens is 1. The Labute approximate surface area is 234 Å². The van der Waals surface area contributed by atoms with Crippen molar-refractivity contribution >= 4 is 32.8 Å². The minimum absolute atomic E-state index is 0.193. The highest BCUT2D eigenvalue weighted by atomic mass is 32.2. The van der Waals surface area contributed by atoms with E-state index in [9.17, 15) is 8.42 Å². The summed E-state index contributed by atoms with van der Waals surface area (Å²) in [5, 5.41) is 3.09. The number of aromatic amines is 1. The van der Waals surface area contributed by atoms with Crippen molar-refractivity contribution in [1.82, 2.24) is 34.1 Å². The Balaban J connectivity index is 1.09. The zero-order valence-electron chi connectivity index (χ0n) is 22.6. The van der Waals surface area contributed by atoms with E-state index in [1.165, 1.54) is 6.33 Å². The molecule has 1 saturated heterocycles. The van der Waals surface area contributed by atoms with Crippen LogP contribution in [0.15, 0.2) is 49.1 Å². The lowest BCUT2D eigenvalue weighted by Crippen LogP contribution is -2.51. The first-order valence-corrected chi connectivity index (χ1v) is 15.3. The van der Waals surface area contributed by atoms with E-state index in [0.717, 1.165) is 73.9 Å². The van der Waals surface area contributed by atoms with Gasteiger partial charge in [0.15, 0.2) is 5.75 Å². The average molecular weight is 563 g/mol. The SMILES string of the molecule is COc1cncnc1-c1ccc2nc(Nc3cc(CN4CCN(S(=O)(=O)C5CCCCC5)CC4)ccn3)[nH]c2c1. The van der Waals surface area contributed by atoms with Gasteiger partial charge in [-0.3, -0.25) is 4.90 Å². The first-order valence-electron chi connectivity index (χ1n) is 13.8. The number of pyridine rings is 1. The lowest BCUT2D eigenvalue weighted by atomic mass is 10.0. The highest BCUT2D eigenvalue weighted by molar-refractivity contribution is 7.89. The van der Waals surface area contributed by atoms with Crippen LogP contribution in [0.25, 0.3) is 22.3 Å². The van der Waals surface area contributed by atoms with Gasteiger partial charge in [-0.15, -0.1) is 0 Å². The Morgan fingerprint density at radius 3 is 2.67 bits per heavy atom. The fraction of sp³-hybridized carbons (Fsp3) is 0.429. The van der Waals surface area contributed by atoms with Crippen LogP contribution in [-0.4, -0.2) is 81.1 Å². The summed E-state index contributed by atoms with van der Waals surface area (Å²) >= 11 is 0. The fourth-order valence-corrected chi connectivity index (χ4v) is 7.66. The van der Waals surface area contributed by atoms with Crippen molar-refractivity contribution < 1.29 is 13.2 Å². The van der Waals surface area contributed by atoms with Crippen molar-refractivity contribution in [3.8, 4) is 17.0 Å². The van der Waals surface area contributed by atoms with E-state index in [0.29, 0.717) is 36.3 Å². The Bertz CT molecular complexity index is 1580. The molecule has 0 spiro atoms. The summed E-state index contributed by atoms with van der Waals surface area (Å²) in [5.41, 5.74) is 4.39. The maximum absolute atomic E-state index is 13.1. The number of methoxy groups -OCH3 is 1. The molecular weight excluding hydrogens is 528 g/mol. The third-order valence-electron chi connectivity index (χ3n) is 7.80. The van der Waals surface area contributed by atoms with Gasteiger partial charge in [-0.1, -0.05) is 25.3 Å². The normalized spacial score (nSPS) is 17.7. The number of nitrogens with one attached hydrogen (secondary N) is 2. The fourth-order valence-electron chi connectivity index (χ4n) is 5.64. The van der Waals surface area contributed by atoms with Gasteiger partial charge in [0, 0.05) is 44.5 Å². The van der Waals surface area contributed by atoms with E-state index < -0.39 is 10.0 Å². The van der Waals surface area contributed by atoms with Crippen LogP contribution >= 0.6 is 0 Å². The number of aromatic nitrogens is 5. The number of piperazine rings is 1. The van der Waals surface area contributed by atoms with Gasteiger partial charge in [-0.05, 0) is 42.7 Å². The summed E-state index contributed by atoms with van der Waals surface area (Å²) in [6, 6.07) is 9.88. The predicted octanol–water partition coefficient (Wildman–Crippen LogP) is 3.95. The summed E-state index contributed by atoms with van der Waals surface area (Å²) in [5.74, 6) is 1.88. The second-order valence-electron chi connectivity index (χ2n) is 10.4. The van der Waals surface area contributed by atoms with Crippen molar-refractivity contribution in [3.05, 3.63) is 54.6 Å². The van der Waals surface area contributed by atoms with E-state index in [1.807, 2.05) is 30.3 Å². The molecular formula is C28H34N8O3S. The zero-order chi connectivity index (χ0) is 27.5. The molecule has 12 heteroatoms. The topological polar surface area (TPSA) is 129 Å². The van der Waals surface area contributed by atoms with Crippen LogP contribution in [0, 0.1) is 0 Å². The van der Waals surface area contributed by atoms with E-state index in [2.05, 4.69) is 35.1 Å². The number of fused-ring (bicyclic) bond motifs is 1. The van der Waals surface area contributed by atoms with Crippen molar-refractivity contribution in [2.75, 3.05) is 38.6 Å². The first-order chi connectivity index (χ1) is 19.5. The van der Waals surface area contributed by atoms with Gasteiger partial charge in [0.1, 0.15) is 17.8 Å². The van der Waals surface area contributed by atoms with Crippen LogP contribution in [-0.2, 0) is 16.6 Å². The van der Waals surface area contributed by atoms with Gasteiger partial charge in [0.2, 0.25) is 16.0 Å². The van der Waals surface area contributed by atoms with E-state index in [4.69, 9.17) is 4.74 Å². The summed E-state index contributed by atoms with van der Waals surface area (Å²) in [6.45, 7) is 3.28. The minimum Gasteiger partial charge on any atom is -0.493 e. The van der Waals surface area contributed by atoms with Gasteiger partial charge in [-0.2, -0.15) is 4.31 Å². The molecule has 1 saturated carbocycles. The van der Waals surface area contributed by atoms with Crippen molar-refractivity contribution in [2.45, 2.75) is 43.9 Å². The summed E-state index contributed by atoms with van der Waals surface area (Å²) < 4.78 is 33.3. The van der Waals surface area contributed by atoms with E-state index in [1.54, 1.807) is 23.8 Å². The van der Waals surface area contributed by atoms with Crippen LogP contribution in [0.4, 0.5) is 11.8 Å². The average Bonchev–Trinajstić information content (AvgIpc) is 3.39. The lowest BCUT2D eigenvalue weighted by molar-refractivity contribution is 0.180. The highest BCUT2D eigenvalue weighted by Gasteiger charge is 2.34. The zero-order valence-corrected chi connectivity index (χ0v) is 23.4. The monoisotopic (exact) mass is 562 g/mol. The molecule has 0 atom stereocenters. The number of benzene rings is 1. The number of nitrogens with zero attached hydrogens (tertiary/aromatic N) is 6. The molecule has 1 aromatic carbocycles. The quantitative estimate of drug-likeness (QED) is 0.328. The van der Waals surface area contributed by atoms with Gasteiger partial charge in [0.25, 0.3) is 0 Å². The number of rotatable bonds is 8. The molecule has 6 rings (SSSR count). The lowest BCUT2D eigenvalue weighted by Gasteiger charge is -2.36. The standard InChI is InChI=1S/C28H34N8O3S/c1-39-25-17-29-19-31-27(25)21-7-8-23-24(16-21)33-28(32-23)34-26-15-20(9-10-30-26)18-35-11-13-36(14-12-35)40(37,38)22-5-3-2-4-6-22/h7-10,15-17,19,22H,2-6,11-14,18H2,1H3,(H2,30,32,33,34). The van der Waals surface area contributed by atoms with Crippen molar-refractivity contribution in [2.24, 2.45) is 0 Å². The Morgan fingerprint density at radius 1 is 1.05 bits per heavy atom. The minimum atomic E-state index is -3.19. The molecule has 40 heavy (non-hydrogen) atoms. The first kappa shape index (κ1) is 26.6. The Morgan fingerprint density at radius 2 is 1.88 bits per heavy atom. The molecule has 1 aliphatic carbocycles. The van der Waals surface area contributed by atoms with Crippen molar-refractivity contribution in [1.29, 1.82) is 0 Å². The van der Waals surface area contributed by atoms with E-state index >= 15 is 0 Å². The summed E-state index contributed by atoms with van der Waals surface area (Å²) in [6.07, 6.45) is 9.73. The van der Waals surface area contributed by atoms with Crippen molar-refractivity contribution in [3.63, 3.8) is 0 Å². The van der Waals surface area contributed by atoms with Crippen LogP contribution in [0.2, 0.25) is 0 Å². The van der Waals surface area contributed by atoms with Gasteiger partial charge in [-0.25, -0.2) is 28.4 Å². The van der Waals surface area contributed by atoms with Crippen LogP contribution in [0.3, 0.4) is 0 Å². The third-order valence-corrected chi connectivity index (χ3v) is 10.2. The molecule has 0 radical (unpaired) electrons. The number of ether oxygens (including phenoxy) is 1. The molecule has 11 nitrogen and oxygen atoms in total. The molecule has 1 aliphatic heterocycles. The van der Waals surface area contributed by atoms with Crippen LogP contribution in [0.5, 0.6) is 5.75 Å². The second kappa shape index (κ2) is 11.5. The Kier molecular flexibility index (Phi) is 7.63. The molecule has 4 aromatic rings. The van der Waals surface area contributed by atoms with Gasteiger partial charge < -0.3 is 15.0 Å². The molecule has 0 bridgehead atoms. The molecule has 0 amide bonds. The maximum atomic E-state index is 13.1. The van der Waals surface area contributed by atoms with E-state index in [-0.39, 0.29) is 5.25 Å². The van der Waals surface area contributed by atoms with Gasteiger partial charge >= 0.3 is 0 Å². The predicted molar refractivity (Wildman–Crippen MR) is 154 cm³/mol. The summed E-state index contributed by atoms with van der Waals surface area (Å²) in [7, 11) is -1.59. The highest BCUT2D eigenvalue weighted by Crippen LogP contribution is 2.30. The number of hydrogen-bond acceptors (Lipinski definition) is 9. The maximum Gasteiger partial charge on any atom is 0.217 e. The molecule has 210 valence electrons. The van der Waals surface area contributed by atoms with Crippen LogP contribution < -0.4 is 10.1 Å². The number of hydrogen-bond donors (Lipinski definition) is 2. The molecule has 2 fully saturated rings. The largest absolute Gasteiger partial charge is 0.493 e. The molecule has 0 unspecified atom stereocenters. The molecule has 3 aromatic heterocycles. The second-order valence-corrected chi connectivity index (χ2v) is 12.6. The third kappa shape index (κ3) is 5.65. The molecule has 2 N–H and O–H groups in total. The number of anilines is 2. The molecule has 4 heterocycles. The number of sulfonamides is 1. The van der Waals surface area contributed by atoms with Crippen LogP contribution in [0.1, 0.15) is 37.7 Å².